The van der Waals surface area contributed by atoms with Gasteiger partial charge in [-0.1, -0.05) is 43.2 Å². The first-order valence-electron chi connectivity index (χ1n) is 6.35. The highest BCUT2D eigenvalue weighted by atomic mass is 32.2. The highest BCUT2D eigenvalue weighted by Crippen LogP contribution is 2.25. The van der Waals surface area contributed by atoms with E-state index in [4.69, 9.17) is 0 Å². The van der Waals surface area contributed by atoms with Crippen molar-refractivity contribution in [2.75, 3.05) is 5.75 Å². The number of carbonyl (C=O) groups excluding carboxylic acids is 1. The predicted molar refractivity (Wildman–Crippen MR) is 71.2 cm³/mol. The second-order valence-electron chi connectivity index (χ2n) is 4.91. The average Bonchev–Trinajstić information content (AvgIpc) is 2.83. The average molecular weight is 266 g/mol. The molecule has 0 atom stereocenters. The molecule has 0 aromatic heterocycles. The number of sulfone groups is 1. The molecule has 1 aliphatic carbocycles. The minimum absolute atomic E-state index is 0.201. The fourth-order valence-electron chi connectivity index (χ4n) is 2.46. The lowest BCUT2D eigenvalue weighted by atomic mass is 10.1. The molecule has 4 heteroatoms. The van der Waals surface area contributed by atoms with Crippen molar-refractivity contribution >= 4 is 15.6 Å². The van der Waals surface area contributed by atoms with Crippen LogP contribution in [0.3, 0.4) is 0 Å². The summed E-state index contributed by atoms with van der Waals surface area (Å²) < 4.78 is 24.0. The standard InChI is InChI=1S/C14H18O3S/c15-13(10-12-6-2-1-3-7-12)11-18(16,17)14-8-4-5-9-14/h1-3,6-7,14H,4-5,8-11H2. The van der Waals surface area contributed by atoms with E-state index in [9.17, 15) is 13.2 Å². The summed E-state index contributed by atoms with van der Waals surface area (Å²) in [5, 5.41) is -0.280. The van der Waals surface area contributed by atoms with E-state index in [1.54, 1.807) is 0 Å². The molecule has 0 amide bonds. The molecule has 3 nitrogen and oxygen atoms in total. The van der Waals surface area contributed by atoms with Crippen LogP contribution in [0.25, 0.3) is 0 Å². The van der Waals surface area contributed by atoms with Gasteiger partial charge in [0.2, 0.25) is 0 Å². The van der Waals surface area contributed by atoms with Crippen LogP contribution >= 0.6 is 0 Å². The molecule has 2 rings (SSSR count). The predicted octanol–water partition coefficient (Wildman–Crippen LogP) is 2.16. The van der Waals surface area contributed by atoms with E-state index >= 15 is 0 Å². The van der Waals surface area contributed by atoms with Crippen LogP contribution in [0.15, 0.2) is 30.3 Å². The maximum Gasteiger partial charge on any atom is 0.160 e. The van der Waals surface area contributed by atoms with E-state index in [-0.39, 0.29) is 23.2 Å². The largest absolute Gasteiger partial charge is 0.298 e. The van der Waals surface area contributed by atoms with Crippen molar-refractivity contribution in [3.8, 4) is 0 Å². The lowest BCUT2D eigenvalue weighted by molar-refractivity contribution is -0.116. The lowest BCUT2D eigenvalue weighted by Gasteiger charge is -2.10. The smallest absolute Gasteiger partial charge is 0.160 e. The Morgan fingerprint density at radius 3 is 2.33 bits per heavy atom. The first-order chi connectivity index (χ1) is 8.58. The topological polar surface area (TPSA) is 51.2 Å². The van der Waals surface area contributed by atoms with Crippen molar-refractivity contribution in [2.24, 2.45) is 0 Å². The van der Waals surface area contributed by atoms with Gasteiger partial charge < -0.3 is 0 Å². The van der Waals surface area contributed by atoms with E-state index in [0.29, 0.717) is 0 Å². The molecular formula is C14H18O3S. The lowest BCUT2D eigenvalue weighted by Crippen LogP contribution is -2.26. The van der Waals surface area contributed by atoms with Crippen LogP contribution in [-0.2, 0) is 21.1 Å². The van der Waals surface area contributed by atoms with Crippen LogP contribution < -0.4 is 0 Å². The van der Waals surface area contributed by atoms with Crippen LogP contribution in [0.1, 0.15) is 31.2 Å². The second-order valence-corrected chi connectivity index (χ2v) is 7.20. The van der Waals surface area contributed by atoms with Gasteiger partial charge in [0.15, 0.2) is 15.6 Å². The molecule has 1 aromatic rings. The van der Waals surface area contributed by atoms with Crippen molar-refractivity contribution in [1.29, 1.82) is 0 Å². The summed E-state index contributed by atoms with van der Waals surface area (Å²) in [5.74, 6) is -0.500. The molecule has 18 heavy (non-hydrogen) atoms. The molecular weight excluding hydrogens is 248 g/mol. The quantitative estimate of drug-likeness (QED) is 0.820. The number of carbonyl (C=O) groups is 1. The number of hydrogen-bond donors (Lipinski definition) is 0. The summed E-state index contributed by atoms with van der Waals surface area (Å²) in [6.45, 7) is 0. The Labute approximate surface area is 108 Å². The summed E-state index contributed by atoms with van der Waals surface area (Å²) in [7, 11) is -3.23. The fourth-order valence-corrected chi connectivity index (χ4v) is 4.30. The summed E-state index contributed by atoms with van der Waals surface area (Å²) >= 11 is 0. The number of ketones is 1. The Balaban J connectivity index is 1.95. The minimum atomic E-state index is -3.23. The zero-order valence-corrected chi connectivity index (χ0v) is 11.2. The van der Waals surface area contributed by atoms with E-state index in [2.05, 4.69) is 0 Å². The normalized spacial score (nSPS) is 16.9. The third kappa shape index (κ3) is 3.42. The zero-order chi connectivity index (χ0) is 13.0. The molecule has 0 unspecified atom stereocenters. The van der Waals surface area contributed by atoms with Gasteiger partial charge in [0.1, 0.15) is 5.75 Å². The molecule has 0 aliphatic heterocycles. The van der Waals surface area contributed by atoms with Crippen LogP contribution in [0, 0.1) is 0 Å². The molecule has 0 spiro atoms. The van der Waals surface area contributed by atoms with E-state index in [0.717, 1.165) is 31.2 Å². The van der Waals surface area contributed by atoms with Gasteiger partial charge in [-0.25, -0.2) is 8.42 Å². The SMILES string of the molecule is O=C(Cc1ccccc1)CS(=O)(=O)C1CCCC1. The highest BCUT2D eigenvalue weighted by Gasteiger charge is 2.30. The van der Waals surface area contributed by atoms with Crippen LogP contribution in [0.4, 0.5) is 0 Å². The van der Waals surface area contributed by atoms with Gasteiger partial charge in [0, 0.05) is 6.42 Å². The molecule has 0 bridgehead atoms. The first kappa shape index (κ1) is 13.3. The summed E-state index contributed by atoms with van der Waals surface area (Å²) in [4.78, 5) is 11.8. The molecule has 1 aromatic carbocycles. The fraction of sp³-hybridized carbons (Fsp3) is 0.500. The Kier molecular flexibility index (Phi) is 4.17. The van der Waals surface area contributed by atoms with E-state index < -0.39 is 9.84 Å². The molecule has 0 saturated heterocycles. The molecule has 1 saturated carbocycles. The molecule has 0 heterocycles. The third-order valence-corrected chi connectivity index (χ3v) is 5.63. The van der Waals surface area contributed by atoms with Crippen LogP contribution in [0.2, 0.25) is 0 Å². The number of benzene rings is 1. The Morgan fingerprint density at radius 1 is 1.11 bits per heavy atom. The number of Topliss-reactive ketones (excluding diaryl/α,β-unsaturated/α-hetero) is 1. The summed E-state index contributed by atoms with van der Waals surface area (Å²) in [6.07, 6.45) is 3.60. The van der Waals surface area contributed by atoms with Gasteiger partial charge in [0.05, 0.1) is 5.25 Å². The van der Waals surface area contributed by atoms with Crippen molar-refractivity contribution in [2.45, 2.75) is 37.4 Å². The van der Waals surface area contributed by atoms with Crippen molar-refractivity contribution in [3.63, 3.8) is 0 Å². The zero-order valence-electron chi connectivity index (χ0n) is 10.3. The first-order valence-corrected chi connectivity index (χ1v) is 8.07. The van der Waals surface area contributed by atoms with Crippen molar-refractivity contribution in [3.05, 3.63) is 35.9 Å². The van der Waals surface area contributed by atoms with Gasteiger partial charge in [-0.15, -0.1) is 0 Å². The Bertz CT molecular complexity index is 499. The molecule has 1 fully saturated rings. The van der Waals surface area contributed by atoms with Crippen LogP contribution in [-0.4, -0.2) is 25.2 Å². The van der Waals surface area contributed by atoms with E-state index in [1.807, 2.05) is 30.3 Å². The van der Waals surface area contributed by atoms with Crippen molar-refractivity contribution in [1.82, 2.24) is 0 Å². The summed E-state index contributed by atoms with van der Waals surface area (Å²) in [5.41, 5.74) is 0.879. The van der Waals surface area contributed by atoms with Gasteiger partial charge in [-0.05, 0) is 18.4 Å². The molecule has 0 N–H and O–H groups in total. The highest BCUT2D eigenvalue weighted by molar-refractivity contribution is 7.92. The second kappa shape index (κ2) is 5.65. The monoisotopic (exact) mass is 266 g/mol. The van der Waals surface area contributed by atoms with Gasteiger partial charge >= 0.3 is 0 Å². The molecule has 98 valence electrons. The third-order valence-electron chi connectivity index (χ3n) is 3.42. The van der Waals surface area contributed by atoms with Crippen LogP contribution in [0.5, 0.6) is 0 Å². The maximum absolute atomic E-state index is 12.0. The minimum Gasteiger partial charge on any atom is -0.298 e. The van der Waals surface area contributed by atoms with Gasteiger partial charge in [-0.2, -0.15) is 0 Å². The van der Waals surface area contributed by atoms with E-state index in [1.165, 1.54) is 0 Å². The van der Waals surface area contributed by atoms with Crippen molar-refractivity contribution < 1.29 is 13.2 Å². The number of hydrogen-bond acceptors (Lipinski definition) is 3. The molecule has 0 radical (unpaired) electrons. The maximum atomic E-state index is 12.0. The Hall–Kier alpha value is -1.16. The molecule has 1 aliphatic rings. The van der Waals surface area contributed by atoms with Gasteiger partial charge in [-0.3, -0.25) is 4.79 Å². The van der Waals surface area contributed by atoms with Gasteiger partial charge in [0.25, 0.3) is 0 Å². The number of rotatable bonds is 5. The Morgan fingerprint density at radius 2 is 1.72 bits per heavy atom. The summed E-state index contributed by atoms with van der Waals surface area (Å²) in [6, 6.07) is 9.28.